The molecule has 0 spiro atoms. The van der Waals surface area contributed by atoms with Crippen LogP contribution < -0.4 is 11.1 Å². The van der Waals surface area contributed by atoms with E-state index in [4.69, 9.17) is 19.6 Å². The standard InChI is InChI=1S/C32H42N4O2/c1-3-5-7-9-11-13-17-34-32-36-28-19-23-16-15-22-18-27-29(20-24(22)25(23)21-30(28)38-32)37-31(35-27)26(33)14-12-10-8-6-4-2/h15-16,18-21,26H,3-14,17,33H2,1-2H3,(H,34,36). The first-order valence-electron chi connectivity index (χ1n) is 14.7. The Kier molecular flexibility index (Phi) is 8.79. The number of anilines is 1. The second-order valence-electron chi connectivity index (χ2n) is 10.7. The first-order valence-corrected chi connectivity index (χ1v) is 14.7. The van der Waals surface area contributed by atoms with E-state index >= 15 is 0 Å². The molecular formula is C32H42N4O2. The van der Waals surface area contributed by atoms with Gasteiger partial charge >= 0.3 is 0 Å². The van der Waals surface area contributed by atoms with Crippen LogP contribution in [0.1, 0.15) is 103 Å². The summed E-state index contributed by atoms with van der Waals surface area (Å²) in [5, 5.41) is 7.85. The smallest absolute Gasteiger partial charge is 0.295 e. The lowest BCUT2D eigenvalue weighted by molar-refractivity contribution is 0.443. The highest BCUT2D eigenvalue weighted by Crippen LogP contribution is 2.34. The fourth-order valence-electron chi connectivity index (χ4n) is 5.35. The molecule has 0 amide bonds. The maximum Gasteiger partial charge on any atom is 0.295 e. The molecule has 5 rings (SSSR count). The fourth-order valence-corrected chi connectivity index (χ4v) is 5.35. The molecule has 0 saturated heterocycles. The van der Waals surface area contributed by atoms with Crippen LogP contribution in [-0.2, 0) is 0 Å². The number of unbranched alkanes of at least 4 members (excludes halogenated alkanes) is 9. The van der Waals surface area contributed by atoms with Crippen LogP contribution in [0.2, 0.25) is 0 Å². The molecule has 2 aromatic heterocycles. The monoisotopic (exact) mass is 514 g/mol. The number of benzene rings is 3. The van der Waals surface area contributed by atoms with Gasteiger partial charge in [0.2, 0.25) is 5.89 Å². The van der Waals surface area contributed by atoms with Crippen LogP contribution >= 0.6 is 0 Å². The van der Waals surface area contributed by atoms with Crippen LogP contribution in [0.4, 0.5) is 6.01 Å². The third-order valence-corrected chi connectivity index (χ3v) is 7.61. The molecule has 6 nitrogen and oxygen atoms in total. The average Bonchev–Trinajstić information content (AvgIpc) is 3.53. The zero-order valence-electron chi connectivity index (χ0n) is 23.0. The molecule has 0 radical (unpaired) electrons. The van der Waals surface area contributed by atoms with Gasteiger partial charge in [-0.2, -0.15) is 4.98 Å². The van der Waals surface area contributed by atoms with Crippen molar-refractivity contribution in [2.75, 3.05) is 11.9 Å². The normalized spacial score (nSPS) is 12.8. The van der Waals surface area contributed by atoms with E-state index in [1.165, 1.54) is 57.8 Å². The number of rotatable bonds is 15. The van der Waals surface area contributed by atoms with Crippen molar-refractivity contribution < 1.29 is 8.83 Å². The van der Waals surface area contributed by atoms with Crippen molar-refractivity contribution in [3.8, 4) is 0 Å². The van der Waals surface area contributed by atoms with Crippen molar-refractivity contribution in [1.82, 2.24) is 9.97 Å². The van der Waals surface area contributed by atoms with Gasteiger partial charge in [0.15, 0.2) is 11.2 Å². The fraction of sp³-hybridized carbons (Fsp3) is 0.500. The van der Waals surface area contributed by atoms with Crippen molar-refractivity contribution in [3.05, 3.63) is 42.3 Å². The molecule has 0 aliphatic rings. The van der Waals surface area contributed by atoms with Crippen molar-refractivity contribution in [3.63, 3.8) is 0 Å². The largest absolute Gasteiger partial charge is 0.439 e. The molecule has 0 fully saturated rings. The summed E-state index contributed by atoms with van der Waals surface area (Å²) in [5.74, 6) is 0.633. The molecule has 1 unspecified atom stereocenters. The van der Waals surface area contributed by atoms with Crippen molar-refractivity contribution in [2.45, 2.75) is 96.9 Å². The lowest BCUT2D eigenvalue weighted by atomic mass is 10.0. The molecule has 0 bridgehead atoms. The van der Waals surface area contributed by atoms with Gasteiger partial charge in [0.1, 0.15) is 11.0 Å². The molecule has 0 saturated carbocycles. The maximum atomic E-state index is 6.44. The Morgan fingerprint density at radius 3 is 1.97 bits per heavy atom. The van der Waals surface area contributed by atoms with Gasteiger partial charge in [0.05, 0.1) is 6.04 Å². The third kappa shape index (κ3) is 6.12. The summed E-state index contributed by atoms with van der Waals surface area (Å²) in [6.07, 6.45) is 14.6. The predicted molar refractivity (Wildman–Crippen MR) is 159 cm³/mol. The average molecular weight is 515 g/mol. The minimum Gasteiger partial charge on any atom is -0.439 e. The maximum absolute atomic E-state index is 6.44. The Morgan fingerprint density at radius 1 is 0.711 bits per heavy atom. The number of hydrogen-bond donors (Lipinski definition) is 2. The zero-order valence-corrected chi connectivity index (χ0v) is 23.0. The first kappa shape index (κ1) is 26.5. The lowest BCUT2D eigenvalue weighted by Crippen LogP contribution is -2.10. The highest BCUT2D eigenvalue weighted by molar-refractivity contribution is 6.13. The van der Waals surface area contributed by atoms with Crippen LogP contribution in [0.5, 0.6) is 0 Å². The second-order valence-corrected chi connectivity index (χ2v) is 10.7. The van der Waals surface area contributed by atoms with Gasteiger partial charge in [0, 0.05) is 6.54 Å². The van der Waals surface area contributed by atoms with Gasteiger partial charge in [-0.1, -0.05) is 90.2 Å². The van der Waals surface area contributed by atoms with E-state index in [0.717, 1.165) is 69.6 Å². The van der Waals surface area contributed by atoms with Gasteiger partial charge in [-0.15, -0.1) is 0 Å². The van der Waals surface area contributed by atoms with E-state index in [1.807, 2.05) is 0 Å². The summed E-state index contributed by atoms with van der Waals surface area (Å²) in [6.45, 7) is 5.37. The Morgan fingerprint density at radius 2 is 1.29 bits per heavy atom. The molecular weight excluding hydrogens is 472 g/mol. The first-order chi connectivity index (χ1) is 18.7. The minimum absolute atomic E-state index is 0.167. The van der Waals surface area contributed by atoms with E-state index in [0.29, 0.717) is 11.9 Å². The highest BCUT2D eigenvalue weighted by Gasteiger charge is 2.16. The summed E-state index contributed by atoms with van der Waals surface area (Å²) in [5.41, 5.74) is 9.74. The molecule has 1 atom stereocenters. The molecule has 38 heavy (non-hydrogen) atoms. The number of nitrogens with one attached hydrogen (secondary N) is 1. The van der Waals surface area contributed by atoms with Gasteiger partial charge in [-0.05, 0) is 58.7 Å². The number of nitrogens with two attached hydrogens (primary N) is 1. The van der Waals surface area contributed by atoms with E-state index in [9.17, 15) is 0 Å². The number of aromatic nitrogens is 2. The Balaban J connectivity index is 1.33. The number of hydrogen-bond acceptors (Lipinski definition) is 6. The molecule has 3 N–H and O–H groups in total. The topological polar surface area (TPSA) is 90.1 Å². The summed E-state index contributed by atoms with van der Waals surface area (Å²) in [4.78, 5) is 9.42. The summed E-state index contributed by atoms with van der Waals surface area (Å²) in [6, 6.07) is 13.1. The Labute approximate surface area is 225 Å². The third-order valence-electron chi connectivity index (χ3n) is 7.61. The van der Waals surface area contributed by atoms with Crippen molar-refractivity contribution >= 4 is 49.8 Å². The van der Waals surface area contributed by atoms with Crippen LogP contribution in [0.3, 0.4) is 0 Å². The second kappa shape index (κ2) is 12.6. The van der Waals surface area contributed by atoms with Gasteiger partial charge < -0.3 is 19.9 Å². The molecule has 2 heterocycles. The zero-order chi connectivity index (χ0) is 26.3. The lowest BCUT2D eigenvalue weighted by Gasteiger charge is -2.06. The summed E-state index contributed by atoms with van der Waals surface area (Å²) < 4.78 is 12.2. The molecule has 6 heteroatoms. The number of oxazole rings is 2. The SMILES string of the molecule is CCCCCCCCNc1nc2cc3ccc4cc5nc(C(N)CCCCCCC)oc5cc4c3cc2o1. The number of nitrogens with zero attached hydrogens (tertiary/aromatic N) is 2. The van der Waals surface area contributed by atoms with Crippen molar-refractivity contribution in [1.29, 1.82) is 0 Å². The molecule has 0 aliphatic heterocycles. The van der Waals surface area contributed by atoms with Gasteiger partial charge in [-0.25, -0.2) is 4.98 Å². The molecule has 5 aromatic rings. The highest BCUT2D eigenvalue weighted by atomic mass is 16.4. The predicted octanol–water partition coefficient (Wildman–Crippen LogP) is 9.41. The quantitative estimate of drug-likeness (QED) is 0.107. The van der Waals surface area contributed by atoms with Crippen LogP contribution in [0, 0.1) is 0 Å². The minimum atomic E-state index is -0.167. The molecule has 202 valence electrons. The summed E-state index contributed by atoms with van der Waals surface area (Å²) >= 11 is 0. The van der Waals surface area contributed by atoms with Crippen LogP contribution in [0.15, 0.2) is 45.2 Å². The van der Waals surface area contributed by atoms with E-state index in [2.05, 4.69) is 60.5 Å². The van der Waals surface area contributed by atoms with Crippen LogP contribution in [0.25, 0.3) is 43.7 Å². The van der Waals surface area contributed by atoms with E-state index < -0.39 is 0 Å². The van der Waals surface area contributed by atoms with E-state index in [1.54, 1.807) is 0 Å². The number of fused-ring (bicyclic) bond motifs is 5. The van der Waals surface area contributed by atoms with Crippen molar-refractivity contribution in [2.24, 2.45) is 5.73 Å². The van der Waals surface area contributed by atoms with E-state index in [-0.39, 0.29) is 6.04 Å². The van der Waals surface area contributed by atoms with Gasteiger partial charge in [0.25, 0.3) is 6.01 Å². The van der Waals surface area contributed by atoms with Crippen LogP contribution in [-0.4, -0.2) is 16.5 Å². The Bertz CT molecular complexity index is 1490. The molecule has 3 aromatic carbocycles. The Hall–Kier alpha value is -3.12. The summed E-state index contributed by atoms with van der Waals surface area (Å²) in [7, 11) is 0. The van der Waals surface area contributed by atoms with Gasteiger partial charge in [-0.3, -0.25) is 0 Å². The molecule has 0 aliphatic carbocycles.